The standard InChI is InChI=1S/C12H21NO/c1-10-5-3-2-4-6-12(10)13-8-7-11(14)9-13/h10,12H,2-9H2,1H3. The third kappa shape index (κ3) is 2.17. The van der Waals surface area contributed by atoms with Crippen LogP contribution >= 0.6 is 0 Å². The van der Waals surface area contributed by atoms with Gasteiger partial charge in [-0.05, 0) is 18.8 Å². The first-order chi connectivity index (χ1) is 6.77. The Morgan fingerprint density at radius 2 is 2.00 bits per heavy atom. The molecular formula is C12H21NO. The van der Waals surface area contributed by atoms with Crippen molar-refractivity contribution in [3.8, 4) is 0 Å². The van der Waals surface area contributed by atoms with E-state index in [1.807, 2.05) is 0 Å². The van der Waals surface area contributed by atoms with Crippen LogP contribution in [0.1, 0.15) is 45.4 Å². The minimum absolute atomic E-state index is 0.446. The number of carbonyl (C=O) groups is 1. The average Bonchev–Trinajstić information content (AvgIpc) is 2.46. The normalized spacial score (nSPS) is 35.9. The van der Waals surface area contributed by atoms with Gasteiger partial charge in [-0.3, -0.25) is 9.69 Å². The molecule has 14 heavy (non-hydrogen) atoms. The van der Waals surface area contributed by atoms with E-state index in [0.717, 1.165) is 25.4 Å². The van der Waals surface area contributed by atoms with E-state index in [1.54, 1.807) is 0 Å². The summed E-state index contributed by atoms with van der Waals surface area (Å²) in [6, 6.07) is 0.698. The van der Waals surface area contributed by atoms with Crippen LogP contribution in [-0.4, -0.2) is 29.8 Å². The third-order valence-corrected chi connectivity index (χ3v) is 3.84. The van der Waals surface area contributed by atoms with Crippen LogP contribution in [-0.2, 0) is 4.79 Å². The molecule has 2 aliphatic rings. The Morgan fingerprint density at radius 3 is 2.71 bits per heavy atom. The van der Waals surface area contributed by atoms with Gasteiger partial charge in [-0.2, -0.15) is 0 Å². The Balaban J connectivity index is 1.96. The number of nitrogens with zero attached hydrogens (tertiary/aromatic N) is 1. The van der Waals surface area contributed by atoms with Gasteiger partial charge in [0.2, 0.25) is 0 Å². The van der Waals surface area contributed by atoms with Crippen LogP contribution in [0.3, 0.4) is 0 Å². The largest absolute Gasteiger partial charge is 0.298 e. The van der Waals surface area contributed by atoms with Crippen LogP contribution in [0.5, 0.6) is 0 Å². The molecule has 1 heterocycles. The van der Waals surface area contributed by atoms with E-state index in [0.29, 0.717) is 11.8 Å². The molecule has 80 valence electrons. The summed E-state index contributed by atoms with van der Waals surface area (Å²) in [5, 5.41) is 0. The Hall–Kier alpha value is -0.370. The Labute approximate surface area is 86.7 Å². The molecule has 1 saturated heterocycles. The first-order valence-corrected chi connectivity index (χ1v) is 6.03. The van der Waals surface area contributed by atoms with E-state index in [9.17, 15) is 4.79 Å². The van der Waals surface area contributed by atoms with Crippen LogP contribution in [0.2, 0.25) is 0 Å². The van der Waals surface area contributed by atoms with E-state index in [1.165, 1.54) is 32.1 Å². The fourth-order valence-corrected chi connectivity index (χ4v) is 2.95. The van der Waals surface area contributed by atoms with Crippen LogP contribution in [0.4, 0.5) is 0 Å². The Kier molecular flexibility index (Phi) is 3.22. The van der Waals surface area contributed by atoms with Gasteiger partial charge in [-0.25, -0.2) is 0 Å². The monoisotopic (exact) mass is 195 g/mol. The van der Waals surface area contributed by atoms with Crippen molar-refractivity contribution < 1.29 is 4.79 Å². The van der Waals surface area contributed by atoms with E-state index in [-0.39, 0.29) is 0 Å². The highest BCUT2D eigenvalue weighted by Gasteiger charge is 2.30. The minimum Gasteiger partial charge on any atom is -0.298 e. The average molecular weight is 195 g/mol. The smallest absolute Gasteiger partial charge is 0.148 e. The van der Waals surface area contributed by atoms with Gasteiger partial charge in [0.05, 0.1) is 6.54 Å². The molecule has 0 aromatic rings. The van der Waals surface area contributed by atoms with E-state index >= 15 is 0 Å². The molecule has 1 aliphatic heterocycles. The van der Waals surface area contributed by atoms with Crippen molar-refractivity contribution in [1.29, 1.82) is 0 Å². The van der Waals surface area contributed by atoms with Crippen LogP contribution < -0.4 is 0 Å². The van der Waals surface area contributed by atoms with Gasteiger partial charge >= 0.3 is 0 Å². The predicted octanol–water partition coefficient (Wildman–Crippen LogP) is 2.23. The zero-order chi connectivity index (χ0) is 9.97. The van der Waals surface area contributed by atoms with Crippen molar-refractivity contribution in [2.24, 2.45) is 5.92 Å². The van der Waals surface area contributed by atoms with Crippen molar-refractivity contribution in [1.82, 2.24) is 4.90 Å². The second-order valence-corrected chi connectivity index (χ2v) is 4.94. The maximum atomic E-state index is 11.2. The van der Waals surface area contributed by atoms with Gasteiger partial charge in [-0.15, -0.1) is 0 Å². The highest BCUT2D eigenvalue weighted by molar-refractivity contribution is 5.82. The summed E-state index contributed by atoms with van der Waals surface area (Å²) >= 11 is 0. The Bertz CT molecular complexity index is 214. The van der Waals surface area contributed by atoms with Crippen LogP contribution in [0, 0.1) is 5.92 Å². The van der Waals surface area contributed by atoms with Gasteiger partial charge in [-0.1, -0.05) is 26.2 Å². The number of carbonyl (C=O) groups excluding carboxylic acids is 1. The topological polar surface area (TPSA) is 20.3 Å². The lowest BCUT2D eigenvalue weighted by Crippen LogP contribution is -2.37. The summed E-state index contributed by atoms with van der Waals surface area (Å²) in [6.45, 7) is 4.11. The number of ketones is 1. The fourth-order valence-electron chi connectivity index (χ4n) is 2.95. The van der Waals surface area contributed by atoms with Gasteiger partial charge in [0.25, 0.3) is 0 Å². The molecule has 2 unspecified atom stereocenters. The van der Waals surface area contributed by atoms with Crippen molar-refractivity contribution >= 4 is 5.78 Å². The molecule has 0 spiro atoms. The number of hydrogen-bond acceptors (Lipinski definition) is 2. The van der Waals surface area contributed by atoms with Crippen molar-refractivity contribution in [2.45, 2.75) is 51.5 Å². The first kappa shape index (κ1) is 10.2. The first-order valence-electron chi connectivity index (χ1n) is 6.03. The summed E-state index contributed by atoms with van der Waals surface area (Å²) in [6.07, 6.45) is 7.61. The lowest BCUT2D eigenvalue weighted by atomic mass is 9.96. The molecule has 2 heteroatoms. The van der Waals surface area contributed by atoms with E-state index in [4.69, 9.17) is 0 Å². The molecule has 1 aliphatic carbocycles. The highest BCUT2D eigenvalue weighted by atomic mass is 16.1. The zero-order valence-corrected chi connectivity index (χ0v) is 9.17. The van der Waals surface area contributed by atoms with E-state index in [2.05, 4.69) is 11.8 Å². The van der Waals surface area contributed by atoms with Crippen LogP contribution in [0.15, 0.2) is 0 Å². The number of rotatable bonds is 1. The molecular weight excluding hydrogens is 174 g/mol. The fraction of sp³-hybridized carbons (Fsp3) is 0.917. The summed E-state index contributed by atoms with van der Waals surface area (Å²) in [5.74, 6) is 1.24. The lowest BCUT2D eigenvalue weighted by Gasteiger charge is -2.30. The molecule has 0 radical (unpaired) electrons. The van der Waals surface area contributed by atoms with Crippen LogP contribution in [0.25, 0.3) is 0 Å². The zero-order valence-electron chi connectivity index (χ0n) is 9.17. The maximum Gasteiger partial charge on any atom is 0.148 e. The molecule has 0 bridgehead atoms. The van der Waals surface area contributed by atoms with Gasteiger partial charge in [0.15, 0.2) is 0 Å². The predicted molar refractivity (Wildman–Crippen MR) is 57.2 cm³/mol. The SMILES string of the molecule is CC1CCCCCC1N1CCC(=O)C1. The maximum absolute atomic E-state index is 11.2. The molecule has 2 atom stereocenters. The van der Waals surface area contributed by atoms with Crippen molar-refractivity contribution in [2.75, 3.05) is 13.1 Å². The number of Topliss-reactive ketones (excluding diaryl/α,β-unsaturated/α-hetero) is 1. The molecule has 0 aromatic heterocycles. The van der Waals surface area contributed by atoms with Crippen molar-refractivity contribution in [3.05, 3.63) is 0 Å². The van der Waals surface area contributed by atoms with Crippen molar-refractivity contribution in [3.63, 3.8) is 0 Å². The highest BCUT2D eigenvalue weighted by Crippen LogP contribution is 2.28. The summed E-state index contributed by atoms with van der Waals surface area (Å²) in [4.78, 5) is 13.7. The molecule has 0 aromatic carbocycles. The quantitative estimate of drug-likeness (QED) is 0.598. The van der Waals surface area contributed by atoms with Gasteiger partial charge < -0.3 is 0 Å². The van der Waals surface area contributed by atoms with E-state index < -0.39 is 0 Å². The number of likely N-dealkylation sites (tertiary alicyclic amines) is 1. The third-order valence-electron chi connectivity index (χ3n) is 3.84. The lowest BCUT2D eigenvalue weighted by molar-refractivity contribution is -0.117. The molecule has 2 fully saturated rings. The minimum atomic E-state index is 0.446. The van der Waals surface area contributed by atoms with Gasteiger partial charge in [0, 0.05) is 19.0 Å². The number of hydrogen-bond donors (Lipinski definition) is 0. The second kappa shape index (κ2) is 4.43. The summed E-state index contributed by atoms with van der Waals surface area (Å²) in [5.41, 5.74) is 0. The molecule has 0 amide bonds. The molecule has 1 saturated carbocycles. The Morgan fingerprint density at radius 1 is 1.21 bits per heavy atom. The summed E-state index contributed by atoms with van der Waals surface area (Å²) < 4.78 is 0. The molecule has 2 rings (SSSR count). The summed E-state index contributed by atoms with van der Waals surface area (Å²) in [7, 11) is 0. The molecule has 0 N–H and O–H groups in total. The second-order valence-electron chi connectivity index (χ2n) is 4.94. The van der Waals surface area contributed by atoms with Gasteiger partial charge in [0.1, 0.15) is 5.78 Å². The molecule has 2 nitrogen and oxygen atoms in total.